The van der Waals surface area contributed by atoms with Crippen molar-refractivity contribution >= 4 is 0 Å². The van der Waals surface area contributed by atoms with Crippen molar-refractivity contribution in [3.63, 3.8) is 0 Å². The second-order valence-electron chi connectivity index (χ2n) is 6.94. The Balaban J connectivity index is 1.90. The average Bonchev–Trinajstić information content (AvgIpc) is 2.90. The number of fused-ring (bicyclic) bond motifs is 1. The van der Waals surface area contributed by atoms with Crippen LogP contribution in [0.25, 0.3) is 0 Å². The Labute approximate surface area is 127 Å². The second-order valence-corrected chi connectivity index (χ2v) is 6.94. The summed E-state index contributed by atoms with van der Waals surface area (Å²) in [6.45, 7) is 2.23. The highest BCUT2D eigenvalue weighted by Crippen LogP contribution is 2.52. The molecule has 1 aromatic carbocycles. The summed E-state index contributed by atoms with van der Waals surface area (Å²) in [5.74, 6) is 0.739. The molecule has 0 bridgehead atoms. The summed E-state index contributed by atoms with van der Waals surface area (Å²) in [5.41, 5.74) is 0.825. The van der Waals surface area contributed by atoms with E-state index >= 15 is 0 Å². The highest BCUT2D eigenvalue weighted by atomic mass is 16.3. The predicted molar refractivity (Wildman–Crippen MR) is 83.9 cm³/mol. The fourth-order valence-electron chi connectivity index (χ4n) is 4.59. The summed E-state index contributed by atoms with van der Waals surface area (Å²) < 4.78 is 0. The Hall–Kier alpha value is -1.33. The van der Waals surface area contributed by atoms with Crippen LogP contribution in [0.4, 0.5) is 0 Å². The summed E-state index contributed by atoms with van der Waals surface area (Å²) in [6, 6.07) is 10.7. The molecule has 0 spiro atoms. The van der Waals surface area contributed by atoms with Crippen LogP contribution in [-0.4, -0.2) is 10.7 Å². The lowest BCUT2D eigenvalue weighted by Crippen LogP contribution is -2.51. The first kappa shape index (κ1) is 14.6. The molecule has 0 saturated heterocycles. The Kier molecular flexibility index (Phi) is 3.80. The molecule has 2 aliphatic rings. The van der Waals surface area contributed by atoms with Crippen molar-refractivity contribution in [3.8, 4) is 6.07 Å². The first-order valence-electron chi connectivity index (χ1n) is 8.37. The summed E-state index contributed by atoms with van der Waals surface area (Å²) in [7, 11) is 0. The molecule has 0 aliphatic heterocycles. The van der Waals surface area contributed by atoms with Gasteiger partial charge in [0.2, 0.25) is 0 Å². The average molecular weight is 283 g/mol. The third-order valence-electron chi connectivity index (χ3n) is 5.86. The first-order valence-corrected chi connectivity index (χ1v) is 8.37. The lowest BCUT2D eigenvalue weighted by atomic mass is 9.61. The molecule has 0 aromatic heterocycles. The van der Waals surface area contributed by atoms with Crippen LogP contribution in [0.1, 0.15) is 63.0 Å². The van der Waals surface area contributed by atoms with Crippen LogP contribution in [0.2, 0.25) is 0 Å². The van der Waals surface area contributed by atoms with E-state index < -0.39 is 11.0 Å². The molecule has 2 aliphatic carbocycles. The number of nitriles is 1. The Morgan fingerprint density at radius 3 is 2.62 bits per heavy atom. The number of nitrogens with zero attached hydrogens (tertiary/aromatic N) is 1. The SMILES string of the molecule is CCCC1CCC(O)(C2(C#N)CCc3ccccc32)CC1. The molecule has 3 rings (SSSR count). The topological polar surface area (TPSA) is 44.0 Å². The van der Waals surface area contributed by atoms with Crippen molar-refractivity contribution in [3.05, 3.63) is 35.4 Å². The smallest absolute Gasteiger partial charge is 0.111 e. The van der Waals surface area contributed by atoms with E-state index in [1.54, 1.807) is 0 Å². The minimum Gasteiger partial charge on any atom is -0.388 e. The van der Waals surface area contributed by atoms with E-state index in [0.29, 0.717) is 0 Å². The van der Waals surface area contributed by atoms with Gasteiger partial charge < -0.3 is 5.11 Å². The summed E-state index contributed by atoms with van der Waals surface area (Å²) in [5, 5.41) is 21.3. The van der Waals surface area contributed by atoms with E-state index in [1.165, 1.54) is 18.4 Å². The van der Waals surface area contributed by atoms with Crippen molar-refractivity contribution in [1.82, 2.24) is 0 Å². The molecular weight excluding hydrogens is 258 g/mol. The minimum absolute atomic E-state index is 0.680. The van der Waals surface area contributed by atoms with E-state index in [1.807, 2.05) is 12.1 Å². The van der Waals surface area contributed by atoms with E-state index in [9.17, 15) is 10.4 Å². The number of aryl methyl sites for hydroxylation is 1. The van der Waals surface area contributed by atoms with Crippen LogP contribution in [0, 0.1) is 17.2 Å². The van der Waals surface area contributed by atoms with Gasteiger partial charge >= 0.3 is 0 Å². The molecule has 21 heavy (non-hydrogen) atoms. The molecule has 1 atom stereocenters. The zero-order chi connectivity index (χ0) is 14.9. The van der Waals surface area contributed by atoms with Gasteiger partial charge in [-0.05, 0) is 55.6 Å². The van der Waals surface area contributed by atoms with E-state index in [4.69, 9.17) is 0 Å². The van der Waals surface area contributed by atoms with E-state index in [-0.39, 0.29) is 0 Å². The van der Waals surface area contributed by atoms with Gasteiger partial charge in [0.05, 0.1) is 11.7 Å². The zero-order valence-corrected chi connectivity index (χ0v) is 12.9. The van der Waals surface area contributed by atoms with Crippen molar-refractivity contribution < 1.29 is 5.11 Å². The van der Waals surface area contributed by atoms with Gasteiger partial charge in [-0.1, -0.05) is 44.0 Å². The maximum atomic E-state index is 11.3. The summed E-state index contributed by atoms with van der Waals surface area (Å²) >= 11 is 0. The van der Waals surface area contributed by atoms with Gasteiger partial charge in [-0.3, -0.25) is 0 Å². The van der Waals surface area contributed by atoms with Crippen LogP contribution >= 0.6 is 0 Å². The van der Waals surface area contributed by atoms with Crippen LogP contribution in [0.3, 0.4) is 0 Å². The highest BCUT2D eigenvalue weighted by molar-refractivity contribution is 5.47. The largest absolute Gasteiger partial charge is 0.388 e. The lowest BCUT2D eigenvalue weighted by Gasteiger charge is -2.45. The minimum atomic E-state index is -0.835. The maximum absolute atomic E-state index is 11.3. The van der Waals surface area contributed by atoms with Gasteiger partial charge in [-0.25, -0.2) is 0 Å². The van der Waals surface area contributed by atoms with Gasteiger partial charge in [-0.15, -0.1) is 0 Å². The molecule has 2 heteroatoms. The number of benzene rings is 1. The number of hydrogen-bond acceptors (Lipinski definition) is 2. The molecule has 1 saturated carbocycles. The third kappa shape index (κ3) is 2.19. The van der Waals surface area contributed by atoms with Gasteiger partial charge in [0, 0.05) is 0 Å². The monoisotopic (exact) mass is 283 g/mol. The Morgan fingerprint density at radius 1 is 1.24 bits per heavy atom. The molecule has 1 fully saturated rings. The maximum Gasteiger partial charge on any atom is 0.111 e. The standard InChI is InChI=1S/C19H25NO/c1-2-5-15-8-12-19(21,13-9-15)18(14-20)11-10-16-6-3-4-7-17(16)18/h3-4,6-7,15,21H,2,5,8-13H2,1H3. The summed E-state index contributed by atoms with van der Waals surface area (Å²) in [6.07, 6.45) is 7.86. The van der Waals surface area contributed by atoms with Crippen molar-refractivity contribution in [2.75, 3.05) is 0 Å². The van der Waals surface area contributed by atoms with Crippen molar-refractivity contribution in [2.24, 2.45) is 5.92 Å². The molecule has 0 radical (unpaired) electrons. The number of rotatable bonds is 3. The van der Waals surface area contributed by atoms with Crippen molar-refractivity contribution in [1.29, 1.82) is 5.26 Å². The van der Waals surface area contributed by atoms with Crippen LogP contribution < -0.4 is 0 Å². The van der Waals surface area contributed by atoms with E-state index in [0.717, 1.165) is 50.0 Å². The fraction of sp³-hybridized carbons (Fsp3) is 0.632. The first-order chi connectivity index (χ1) is 10.1. The second kappa shape index (κ2) is 5.46. The zero-order valence-electron chi connectivity index (χ0n) is 12.9. The summed E-state index contributed by atoms with van der Waals surface area (Å²) in [4.78, 5) is 0. The van der Waals surface area contributed by atoms with Gasteiger partial charge in [-0.2, -0.15) is 5.26 Å². The lowest BCUT2D eigenvalue weighted by molar-refractivity contribution is -0.0586. The molecule has 1 aromatic rings. The quantitative estimate of drug-likeness (QED) is 0.907. The Bertz CT molecular complexity index is 551. The highest BCUT2D eigenvalue weighted by Gasteiger charge is 2.55. The van der Waals surface area contributed by atoms with E-state index in [2.05, 4.69) is 25.1 Å². The molecular formula is C19H25NO. The molecule has 1 N–H and O–H groups in total. The third-order valence-corrected chi connectivity index (χ3v) is 5.86. The van der Waals surface area contributed by atoms with Crippen LogP contribution in [0.5, 0.6) is 0 Å². The molecule has 1 unspecified atom stereocenters. The number of hydrogen-bond donors (Lipinski definition) is 1. The van der Waals surface area contributed by atoms with Crippen LogP contribution in [-0.2, 0) is 11.8 Å². The predicted octanol–water partition coefficient (Wildman–Crippen LogP) is 4.12. The molecule has 0 amide bonds. The Morgan fingerprint density at radius 2 is 1.95 bits per heavy atom. The van der Waals surface area contributed by atoms with Gasteiger partial charge in [0.25, 0.3) is 0 Å². The fourth-order valence-corrected chi connectivity index (χ4v) is 4.59. The number of aliphatic hydroxyl groups is 1. The normalized spacial score (nSPS) is 35.2. The molecule has 112 valence electrons. The van der Waals surface area contributed by atoms with Gasteiger partial charge in [0.1, 0.15) is 5.41 Å². The molecule has 2 nitrogen and oxygen atoms in total. The molecule has 0 heterocycles. The van der Waals surface area contributed by atoms with Crippen LogP contribution in [0.15, 0.2) is 24.3 Å². The van der Waals surface area contributed by atoms with Crippen molar-refractivity contribution in [2.45, 2.75) is 69.3 Å². The van der Waals surface area contributed by atoms with Gasteiger partial charge in [0.15, 0.2) is 0 Å².